The van der Waals surface area contributed by atoms with Gasteiger partial charge in [0.15, 0.2) is 0 Å². The third kappa shape index (κ3) is 3.00. The fourth-order valence-corrected chi connectivity index (χ4v) is 5.14. The van der Waals surface area contributed by atoms with Crippen LogP contribution in [0.3, 0.4) is 0 Å². The van der Waals surface area contributed by atoms with Crippen molar-refractivity contribution in [2.45, 2.75) is 30.8 Å². The zero-order valence-corrected chi connectivity index (χ0v) is 17.2. The Morgan fingerprint density at radius 2 is 2.07 bits per heavy atom. The van der Waals surface area contributed by atoms with Gasteiger partial charge in [0.2, 0.25) is 23.6 Å². The topological polar surface area (TPSA) is 131 Å². The molecule has 0 bridgehead atoms. The van der Waals surface area contributed by atoms with Crippen LogP contribution in [0.25, 0.3) is 0 Å². The summed E-state index contributed by atoms with van der Waals surface area (Å²) in [4.78, 5) is 52.4. The van der Waals surface area contributed by atoms with Crippen LogP contribution in [0.2, 0.25) is 5.02 Å². The molecule has 0 radical (unpaired) electrons. The Bertz CT molecular complexity index is 938. The number of halogens is 1. The number of anilines is 1. The standard InChI is InChI=1S/C20H23ClN4O5/c1-30-8-2-7-25-17(27)15-13(5-6-14(22)26)24-20(16(15)18(25)28)11-9-10(21)3-4-12(11)23-19(20)29/h3-4,9,13,15-16,24H,2,5-8H2,1H3,(H2,22,26)(H,23,29)/t13-,15+,16+,20-/m0/s1. The van der Waals surface area contributed by atoms with Crippen LogP contribution in [-0.4, -0.2) is 54.8 Å². The van der Waals surface area contributed by atoms with Gasteiger partial charge in [-0.25, -0.2) is 0 Å². The lowest BCUT2D eigenvalue weighted by atomic mass is 9.76. The number of primary amides is 1. The van der Waals surface area contributed by atoms with Gasteiger partial charge in [-0.2, -0.15) is 0 Å². The van der Waals surface area contributed by atoms with Crippen molar-refractivity contribution in [2.24, 2.45) is 17.6 Å². The van der Waals surface area contributed by atoms with Crippen LogP contribution in [-0.2, 0) is 29.5 Å². The summed E-state index contributed by atoms with van der Waals surface area (Å²) in [5.74, 6) is -3.36. The van der Waals surface area contributed by atoms with Crippen molar-refractivity contribution in [3.05, 3.63) is 28.8 Å². The highest BCUT2D eigenvalue weighted by Crippen LogP contribution is 2.53. The largest absolute Gasteiger partial charge is 0.385 e. The number of hydrogen-bond acceptors (Lipinski definition) is 6. The first-order valence-electron chi connectivity index (χ1n) is 9.83. The number of imide groups is 1. The number of benzene rings is 1. The molecule has 4 rings (SSSR count). The summed E-state index contributed by atoms with van der Waals surface area (Å²) in [6, 6.07) is 4.41. The minimum atomic E-state index is -1.42. The summed E-state index contributed by atoms with van der Waals surface area (Å²) in [6.45, 7) is 0.612. The van der Waals surface area contributed by atoms with Crippen LogP contribution >= 0.6 is 11.6 Å². The molecule has 4 amide bonds. The zero-order chi connectivity index (χ0) is 21.6. The van der Waals surface area contributed by atoms with E-state index in [0.29, 0.717) is 29.3 Å². The number of nitrogens with two attached hydrogens (primary N) is 1. The van der Waals surface area contributed by atoms with Crippen LogP contribution in [0.5, 0.6) is 0 Å². The van der Waals surface area contributed by atoms with E-state index in [-0.39, 0.29) is 25.3 Å². The molecule has 3 aliphatic rings. The molecular formula is C20H23ClN4O5. The number of fused-ring (bicyclic) bond motifs is 4. The summed E-state index contributed by atoms with van der Waals surface area (Å²) in [7, 11) is 1.55. The highest BCUT2D eigenvalue weighted by Gasteiger charge is 2.70. The van der Waals surface area contributed by atoms with E-state index in [1.807, 2.05) is 0 Å². The van der Waals surface area contributed by atoms with E-state index in [1.165, 1.54) is 4.90 Å². The second-order valence-corrected chi connectivity index (χ2v) is 8.32. The monoisotopic (exact) mass is 434 g/mol. The fraction of sp³-hybridized carbons (Fsp3) is 0.500. The van der Waals surface area contributed by atoms with Gasteiger partial charge in [0.1, 0.15) is 5.54 Å². The minimum absolute atomic E-state index is 0.0339. The average molecular weight is 435 g/mol. The predicted molar refractivity (Wildman–Crippen MR) is 107 cm³/mol. The first-order chi connectivity index (χ1) is 14.3. The maximum Gasteiger partial charge on any atom is 0.250 e. The fourth-order valence-electron chi connectivity index (χ4n) is 4.97. The Morgan fingerprint density at radius 1 is 1.30 bits per heavy atom. The second kappa shape index (κ2) is 7.64. The Morgan fingerprint density at radius 3 is 2.77 bits per heavy atom. The first-order valence-corrected chi connectivity index (χ1v) is 10.2. The molecule has 0 unspecified atom stereocenters. The van der Waals surface area contributed by atoms with Crippen molar-refractivity contribution < 1.29 is 23.9 Å². The molecule has 3 heterocycles. The number of rotatable bonds is 7. The SMILES string of the molecule is COCCCN1C(=O)[C@@H]2[C@H](CCC(N)=O)N[C@]3(C(=O)Nc4ccc(Cl)cc43)[C@H]2C1=O. The lowest BCUT2D eigenvalue weighted by molar-refractivity contribution is -0.143. The van der Waals surface area contributed by atoms with Crippen molar-refractivity contribution in [3.8, 4) is 0 Å². The molecule has 1 aromatic rings. The molecule has 3 aliphatic heterocycles. The van der Waals surface area contributed by atoms with E-state index < -0.39 is 41.1 Å². The van der Waals surface area contributed by atoms with Gasteiger partial charge >= 0.3 is 0 Å². The molecule has 160 valence electrons. The normalized spacial score (nSPS) is 29.5. The number of nitrogens with one attached hydrogen (secondary N) is 2. The molecule has 4 atom stereocenters. The molecule has 0 saturated carbocycles. The van der Waals surface area contributed by atoms with Crippen molar-refractivity contribution >= 4 is 40.9 Å². The number of methoxy groups -OCH3 is 1. The molecule has 1 aromatic carbocycles. The molecule has 30 heavy (non-hydrogen) atoms. The third-order valence-electron chi connectivity index (χ3n) is 6.20. The van der Waals surface area contributed by atoms with Gasteiger partial charge in [-0.15, -0.1) is 0 Å². The van der Waals surface area contributed by atoms with E-state index in [4.69, 9.17) is 22.1 Å². The lowest BCUT2D eigenvalue weighted by Gasteiger charge is -2.29. The summed E-state index contributed by atoms with van der Waals surface area (Å²) >= 11 is 6.19. The second-order valence-electron chi connectivity index (χ2n) is 7.89. The van der Waals surface area contributed by atoms with Crippen molar-refractivity contribution in [2.75, 3.05) is 25.6 Å². The Hall–Kier alpha value is -2.49. The Balaban J connectivity index is 1.77. The summed E-state index contributed by atoms with van der Waals surface area (Å²) in [5, 5.41) is 6.45. The summed E-state index contributed by atoms with van der Waals surface area (Å²) in [5.41, 5.74) is 4.97. The predicted octanol–water partition coefficient (Wildman–Crippen LogP) is 0.362. The number of nitrogens with zero attached hydrogens (tertiary/aromatic N) is 1. The number of ether oxygens (including phenoxy) is 1. The smallest absolute Gasteiger partial charge is 0.250 e. The van der Waals surface area contributed by atoms with E-state index in [0.717, 1.165) is 0 Å². The summed E-state index contributed by atoms with van der Waals surface area (Å²) in [6.07, 6.45) is 0.771. The van der Waals surface area contributed by atoms with E-state index in [9.17, 15) is 19.2 Å². The number of likely N-dealkylation sites (tertiary alicyclic amines) is 1. The number of amides is 4. The van der Waals surface area contributed by atoms with E-state index in [2.05, 4.69) is 10.6 Å². The van der Waals surface area contributed by atoms with Gasteiger partial charge in [0, 0.05) is 49.0 Å². The van der Waals surface area contributed by atoms with Gasteiger partial charge in [-0.3, -0.25) is 29.4 Å². The molecule has 9 nitrogen and oxygen atoms in total. The van der Waals surface area contributed by atoms with Crippen molar-refractivity contribution in [3.63, 3.8) is 0 Å². The van der Waals surface area contributed by atoms with Crippen molar-refractivity contribution in [1.82, 2.24) is 10.2 Å². The van der Waals surface area contributed by atoms with E-state index in [1.54, 1.807) is 25.3 Å². The quantitative estimate of drug-likeness (QED) is 0.419. The van der Waals surface area contributed by atoms with Gasteiger partial charge in [-0.05, 0) is 31.0 Å². The number of carbonyl (C=O) groups is 4. The minimum Gasteiger partial charge on any atom is -0.385 e. The van der Waals surface area contributed by atoms with Crippen LogP contribution in [0, 0.1) is 11.8 Å². The van der Waals surface area contributed by atoms with Crippen molar-refractivity contribution in [1.29, 1.82) is 0 Å². The van der Waals surface area contributed by atoms with Crippen LogP contribution in [0.15, 0.2) is 18.2 Å². The van der Waals surface area contributed by atoms with E-state index >= 15 is 0 Å². The highest BCUT2D eigenvalue weighted by molar-refractivity contribution is 6.31. The molecular weight excluding hydrogens is 412 g/mol. The highest BCUT2D eigenvalue weighted by atomic mass is 35.5. The number of carbonyl (C=O) groups excluding carboxylic acids is 4. The maximum atomic E-state index is 13.4. The average Bonchev–Trinajstić information content (AvgIpc) is 3.27. The third-order valence-corrected chi connectivity index (χ3v) is 6.44. The molecule has 2 fully saturated rings. The molecule has 1 spiro atoms. The van der Waals surface area contributed by atoms with Gasteiger partial charge in [0.25, 0.3) is 0 Å². The molecule has 2 saturated heterocycles. The molecule has 0 aliphatic carbocycles. The molecule has 10 heteroatoms. The van der Waals surface area contributed by atoms with Gasteiger partial charge in [0.05, 0.1) is 11.8 Å². The summed E-state index contributed by atoms with van der Waals surface area (Å²) < 4.78 is 5.03. The van der Waals surface area contributed by atoms with Crippen LogP contribution in [0.4, 0.5) is 5.69 Å². The number of hydrogen-bond donors (Lipinski definition) is 3. The lowest BCUT2D eigenvalue weighted by Crippen LogP contribution is -2.53. The van der Waals surface area contributed by atoms with Crippen LogP contribution < -0.4 is 16.4 Å². The van der Waals surface area contributed by atoms with Gasteiger partial charge in [-0.1, -0.05) is 11.6 Å². The maximum absolute atomic E-state index is 13.4. The molecule has 0 aromatic heterocycles. The van der Waals surface area contributed by atoms with Gasteiger partial charge < -0.3 is 15.8 Å². The Kier molecular flexibility index (Phi) is 5.29. The zero-order valence-electron chi connectivity index (χ0n) is 16.4. The van der Waals surface area contributed by atoms with Crippen LogP contribution in [0.1, 0.15) is 24.8 Å². The molecule has 4 N–H and O–H groups in total. The first kappa shape index (κ1) is 20.8. The Labute approximate surface area is 178 Å².